The Morgan fingerprint density at radius 1 is 0.703 bits per heavy atom. The van der Waals surface area contributed by atoms with Crippen molar-refractivity contribution in [3.8, 4) is 23.0 Å². The van der Waals surface area contributed by atoms with Crippen LogP contribution in [-0.2, 0) is 11.2 Å². The number of benzene rings is 3. The molecule has 0 aromatic heterocycles. The van der Waals surface area contributed by atoms with E-state index >= 15 is 0 Å². The van der Waals surface area contributed by atoms with Crippen molar-refractivity contribution in [3.63, 3.8) is 0 Å². The second-order valence-corrected chi connectivity index (χ2v) is 9.90. The first-order valence-corrected chi connectivity index (χ1v) is 13.8. The third-order valence-electron chi connectivity index (χ3n) is 5.51. The number of carbonyl (C=O) groups excluding carboxylic acids is 1. The normalized spacial score (nSPS) is 11.0. The van der Waals surface area contributed by atoms with Gasteiger partial charge in [-0.3, -0.25) is 4.79 Å². The molecule has 0 heterocycles. The number of hydrogen-bond donors (Lipinski definition) is 0. The molecular weight excluding hydrogens is 535 g/mol. The van der Waals surface area contributed by atoms with Crippen LogP contribution in [0.1, 0.15) is 58.4 Å². The number of hydrogen-bond acceptors (Lipinski definition) is 5. The van der Waals surface area contributed by atoms with Gasteiger partial charge in [0.05, 0.1) is 19.8 Å². The van der Waals surface area contributed by atoms with Crippen LogP contribution in [0, 0.1) is 0 Å². The van der Waals surface area contributed by atoms with Crippen molar-refractivity contribution in [3.05, 3.63) is 57.0 Å². The van der Waals surface area contributed by atoms with Gasteiger partial charge in [0.15, 0.2) is 11.5 Å². The third kappa shape index (κ3) is 7.83. The molecule has 0 aliphatic heterocycles. The van der Waals surface area contributed by atoms with E-state index in [1.54, 1.807) is 18.2 Å². The zero-order valence-corrected chi connectivity index (χ0v) is 23.8. The molecule has 0 saturated heterocycles. The monoisotopic (exact) mass is 566 g/mol. The Hall–Kier alpha value is -2.34. The van der Waals surface area contributed by atoms with Crippen molar-refractivity contribution < 1.29 is 23.7 Å². The number of halogens is 3. The second kappa shape index (κ2) is 14.6. The first-order valence-electron chi connectivity index (χ1n) is 12.7. The molecule has 0 bridgehead atoms. The highest BCUT2D eigenvalue weighted by atomic mass is 35.5. The standard InChI is InChI=1S/C29H33Cl3O5/c1-4-8-25(33)37-27-22-13-12-20(30)17-23(22)26(28(34-14-5-2)29(27)35-15-6-3)36-16-7-9-19-10-11-21(31)18-24(19)32/h10-13,17-18H,4-9,14-16H2,1-3H3. The van der Waals surface area contributed by atoms with E-state index in [9.17, 15) is 4.79 Å². The predicted octanol–water partition coefficient (Wildman–Crippen LogP) is 9.09. The molecular formula is C29H33Cl3O5. The van der Waals surface area contributed by atoms with Crippen molar-refractivity contribution in [2.75, 3.05) is 19.8 Å². The minimum Gasteiger partial charge on any atom is -0.489 e. The molecule has 3 aromatic carbocycles. The Labute approximate surface area is 233 Å². The minimum atomic E-state index is -0.338. The van der Waals surface area contributed by atoms with E-state index in [1.807, 2.05) is 39.0 Å². The van der Waals surface area contributed by atoms with Crippen LogP contribution in [0.15, 0.2) is 36.4 Å². The second-order valence-electron chi connectivity index (χ2n) is 8.62. The average Bonchev–Trinajstić information content (AvgIpc) is 2.86. The van der Waals surface area contributed by atoms with Crippen LogP contribution in [0.5, 0.6) is 23.0 Å². The molecule has 37 heavy (non-hydrogen) atoms. The number of fused-ring (bicyclic) bond motifs is 1. The molecule has 0 spiro atoms. The highest BCUT2D eigenvalue weighted by Crippen LogP contribution is 2.52. The number of carbonyl (C=O) groups is 1. The van der Waals surface area contributed by atoms with Crippen LogP contribution < -0.4 is 18.9 Å². The van der Waals surface area contributed by atoms with Gasteiger partial charge in [0, 0.05) is 32.3 Å². The number of ether oxygens (including phenoxy) is 4. The fourth-order valence-electron chi connectivity index (χ4n) is 3.80. The summed E-state index contributed by atoms with van der Waals surface area (Å²) in [6.07, 6.45) is 3.93. The largest absolute Gasteiger partial charge is 0.489 e. The maximum atomic E-state index is 12.6. The minimum absolute atomic E-state index is 0.291. The third-order valence-corrected chi connectivity index (χ3v) is 6.33. The molecule has 0 aliphatic carbocycles. The zero-order chi connectivity index (χ0) is 26.8. The van der Waals surface area contributed by atoms with E-state index in [4.69, 9.17) is 53.8 Å². The lowest BCUT2D eigenvalue weighted by atomic mass is 10.1. The van der Waals surface area contributed by atoms with Gasteiger partial charge >= 0.3 is 5.97 Å². The molecule has 0 atom stereocenters. The van der Waals surface area contributed by atoms with Gasteiger partial charge in [-0.1, -0.05) is 61.6 Å². The summed E-state index contributed by atoms with van der Waals surface area (Å²) < 4.78 is 24.5. The van der Waals surface area contributed by atoms with Crippen molar-refractivity contribution in [2.45, 2.75) is 59.3 Å². The van der Waals surface area contributed by atoms with E-state index in [-0.39, 0.29) is 5.97 Å². The van der Waals surface area contributed by atoms with Crippen molar-refractivity contribution in [1.29, 1.82) is 0 Å². The fourth-order valence-corrected chi connectivity index (χ4v) is 4.47. The van der Waals surface area contributed by atoms with Crippen LogP contribution in [0.2, 0.25) is 15.1 Å². The lowest BCUT2D eigenvalue weighted by Gasteiger charge is -2.22. The molecule has 0 amide bonds. The van der Waals surface area contributed by atoms with E-state index < -0.39 is 0 Å². The molecule has 3 aromatic rings. The number of esters is 1. The number of aryl methyl sites for hydroxylation is 1. The van der Waals surface area contributed by atoms with Crippen molar-refractivity contribution in [2.24, 2.45) is 0 Å². The lowest BCUT2D eigenvalue weighted by molar-refractivity contribution is -0.134. The molecule has 0 aliphatic rings. The van der Waals surface area contributed by atoms with Crippen LogP contribution in [-0.4, -0.2) is 25.8 Å². The molecule has 0 saturated carbocycles. The molecule has 200 valence electrons. The fraction of sp³-hybridized carbons (Fsp3) is 0.414. The van der Waals surface area contributed by atoms with E-state index in [2.05, 4.69) is 0 Å². The Kier molecular flexibility index (Phi) is 11.5. The van der Waals surface area contributed by atoms with Crippen LogP contribution in [0.4, 0.5) is 0 Å². The maximum absolute atomic E-state index is 12.6. The van der Waals surface area contributed by atoms with Gasteiger partial charge in [0.2, 0.25) is 11.5 Å². The number of rotatable bonds is 14. The zero-order valence-electron chi connectivity index (χ0n) is 21.5. The molecule has 8 heteroatoms. The van der Waals surface area contributed by atoms with Crippen LogP contribution in [0.3, 0.4) is 0 Å². The van der Waals surface area contributed by atoms with Gasteiger partial charge in [0.25, 0.3) is 0 Å². The molecule has 5 nitrogen and oxygen atoms in total. The summed E-state index contributed by atoms with van der Waals surface area (Å²) in [5, 5.41) is 3.11. The van der Waals surface area contributed by atoms with Gasteiger partial charge in [-0.2, -0.15) is 0 Å². The summed E-state index contributed by atoms with van der Waals surface area (Å²) in [5.41, 5.74) is 0.996. The molecule has 0 radical (unpaired) electrons. The molecule has 0 fully saturated rings. The van der Waals surface area contributed by atoms with Crippen molar-refractivity contribution in [1.82, 2.24) is 0 Å². The molecule has 0 unspecified atom stereocenters. The van der Waals surface area contributed by atoms with Gasteiger partial charge in [-0.05, 0) is 68.0 Å². The Balaban J connectivity index is 2.03. The topological polar surface area (TPSA) is 54.0 Å². The average molecular weight is 568 g/mol. The van der Waals surface area contributed by atoms with E-state index in [0.717, 1.165) is 18.4 Å². The lowest BCUT2D eigenvalue weighted by Crippen LogP contribution is -2.12. The summed E-state index contributed by atoms with van der Waals surface area (Å²) in [5.74, 6) is 1.27. The molecule has 3 rings (SSSR count). The Bertz CT molecular complexity index is 1210. The highest BCUT2D eigenvalue weighted by Gasteiger charge is 2.26. The Morgan fingerprint density at radius 3 is 1.97 bits per heavy atom. The predicted molar refractivity (Wildman–Crippen MR) is 151 cm³/mol. The molecule has 0 N–H and O–H groups in total. The summed E-state index contributed by atoms with van der Waals surface area (Å²) >= 11 is 18.7. The van der Waals surface area contributed by atoms with E-state index in [0.29, 0.717) is 94.3 Å². The van der Waals surface area contributed by atoms with E-state index in [1.165, 1.54) is 0 Å². The summed E-state index contributed by atoms with van der Waals surface area (Å²) in [6, 6.07) is 10.8. The smallest absolute Gasteiger partial charge is 0.311 e. The summed E-state index contributed by atoms with van der Waals surface area (Å²) in [7, 11) is 0. The SMILES string of the molecule is CCCOc1c(OCCC)c(OC(=O)CCC)c2ccc(Cl)cc2c1OCCCc1ccc(Cl)cc1Cl. The Morgan fingerprint density at radius 2 is 1.32 bits per heavy atom. The first kappa shape index (κ1) is 29.2. The van der Waals surface area contributed by atoms with Gasteiger partial charge in [-0.25, -0.2) is 0 Å². The maximum Gasteiger partial charge on any atom is 0.311 e. The quantitative estimate of drug-likeness (QED) is 0.110. The highest BCUT2D eigenvalue weighted by molar-refractivity contribution is 6.35. The summed E-state index contributed by atoms with van der Waals surface area (Å²) in [6.45, 7) is 7.21. The summed E-state index contributed by atoms with van der Waals surface area (Å²) in [4.78, 5) is 12.6. The van der Waals surface area contributed by atoms with Crippen LogP contribution >= 0.6 is 34.8 Å². The van der Waals surface area contributed by atoms with Gasteiger partial charge in [-0.15, -0.1) is 0 Å². The van der Waals surface area contributed by atoms with Crippen LogP contribution in [0.25, 0.3) is 10.8 Å². The van der Waals surface area contributed by atoms with Gasteiger partial charge in [0.1, 0.15) is 0 Å². The van der Waals surface area contributed by atoms with Crippen molar-refractivity contribution >= 4 is 51.5 Å². The first-order chi connectivity index (χ1) is 17.9. The van der Waals surface area contributed by atoms with Gasteiger partial charge < -0.3 is 18.9 Å².